The Hall–Kier alpha value is -1.43. The first kappa shape index (κ1) is 7.23. The number of hydrogen-bond donors (Lipinski definition) is 0. The molecule has 0 aliphatic heterocycles. The van der Waals surface area contributed by atoms with E-state index in [-0.39, 0.29) is 0 Å². The topological polar surface area (TPSA) is 49.6 Å². The predicted molar refractivity (Wildman–Crippen MR) is 42.2 cm³/mol. The van der Waals surface area contributed by atoms with Gasteiger partial charge in [0.1, 0.15) is 5.82 Å². The van der Waals surface area contributed by atoms with E-state index >= 15 is 0 Å². The average Bonchev–Trinajstić information content (AvgIpc) is 2.88. The molecule has 0 amide bonds. The van der Waals surface area contributed by atoms with Crippen LogP contribution in [0.2, 0.25) is 0 Å². The van der Waals surface area contributed by atoms with Gasteiger partial charge in [0.25, 0.3) is 0 Å². The van der Waals surface area contributed by atoms with Crippen LogP contribution in [-0.4, -0.2) is 9.97 Å². The zero-order chi connectivity index (χ0) is 8.39. The van der Waals surface area contributed by atoms with Gasteiger partial charge in [0.15, 0.2) is 0 Å². The zero-order valence-corrected chi connectivity index (χ0v) is 6.62. The van der Waals surface area contributed by atoms with Crippen molar-refractivity contribution in [3.05, 3.63) is 23.8 Å². The zero-order valence-electron chi connectivity index (χ0n) is 6.62. The molecule has 1 fully saturated rings. The maximum absolute atomic E-state index is 8.44. The van der Waals surface area contributed by atoms with E-state index in [1.165, 1.54) is 12.8 Å². The fourth-order valence-corrected chi connectivity index (χ4v) is 1.07. The third kappa shape index (κ3) is 1.42. The Bertz CT molecular complexity index is 323. The molecule has 1 aliphatic rings. The third-order valence-electron chi connectivity index (χ3n) is 1.87. The van der Waals surface area contributed by atoms with Crippen molar-refractivity contribution < 1.29 is 0 Å². The van der Waals surface area contributed by atoms with Crippen LogP contribution in [0.25, 0.3) is 0 Å². The normalized spacial score (nSPS) is 15.6. The van der Waals surface area contributed by atoms with Crippen molar-refractivity contribution in [2.75, 3.05) is 0 Å². The predicted octanol–water partition coefficient (Wildman–Crippen LogP) is 1.22. The molecule has 0 aromatic carbocycles. The molecule has 59 valence electrons. The van der Waals surface area contributed by atoms with Crippen LogP contribution in [0.15, 0.2) is 6.07 Å². The highest BCUT2D eigenvalue weighted by Crippen LogP contribution is 2.37. The second-order valence-electron chi connectivity index (χ2n) is 2.96. The molecule has 2 rings (SSSR count). The minimum atomic E-state index is 0.360. The van der Waals surface area contributed by atoms with E-state index in [4.69, 9.17) is 5.26 Å². The van der Waals surface area contributed by atoms with Crippen LogP contribution in [0.4, 0.5) is 0 Å². The van der Waals surface area contributed by atoms with E-state index in [2.05, 4.69) is 22.2 Å². The van der Waals surface area contributed by atoms with E-state index in [0.29, 0.717) is 12.3 Å². The van der Waals surface area contributed by atoms with Gasteiger partial charge in [-0.15, -0.1) is 0 Å². The Labute approximate surface area is 71.1 Å². The summed E-state index contributed by atoms with van der Waals surface area (Å²) in [6.45, 7) is 0. The van der Waals surface area contributed by atoms with Gasteiger partial charge in [-0.3, -0.25) is 0 Å². The highest BCUT2D eigenvalue weighted by Gasteiger charge is 2.26. The van der Waals surface area contributed by atoms with Crippen LogP contribution in [0.3, 0.4) is 0 Å². The van der Waals surface area contributed by atoms with E-state index in [1.807, 2.05) is 0 Å². The Kier molecular flexibility index (Phi) is 1.75. The molecule has 3 nitrogen and oxygen atoms in total. The lowest BCUT2D eigenvalue weighted by molar-refractivity contribution is 0.890. The first-order valence-electron chi connectivity index (χ1n) is 4.01. The summed E-state index contributed by atoms with van der Waals surface area (Å²) in [6, 6.07) is 3.74. The van der Waals surface area contributed by atoms with Crippen molar-refractivity contribution in [1.82, 2.24) is 9.97 Å². The lowest BCUT2D eigenvalue weighted by Crippen LogP contribution is -1.96. The molecule has 0 spiro atoms. The van der Waals surface area contributed by atoms with Gasteiger partial charge in [0, 0.05) is 5.92 Å². The molecular weight excluding hydrogens is 150 g/mol. The largest absolute Gasteiger partial charge is 0.237 e. The standard InChI is InChI=1S/C9H8N3/c10-5-3-8-4-6-11-9(12-8)7-1-2-7/h4,7H,1-3H2. The highest BCUT2D eigenvalue weighted by molar-refractivity contribution is 5.11. The second-order valence-corrected chi connectivity index (χ2v) is 2.96. The molecule has 1 aromatic rings. The van der Waals surface area contributed by atoms with Gasteiger partial charge in [-0.25, -0.2) is 9.97 Å². The molecule has 0 unspecified atom stereocenters. The monoisotopic (exact) mass is 158 g/mol. The van der Waals surface area contributed by atoms with Crippen molar-refractivity contribution >= 4 is 0 Å². The van der Waals surface area contributed by atoms with E-state index in [9.17, 15) is 0 Å². The summed E-state index contributed by atoms with van der Waals surface area (Å²) in [5, 5.41) is 8.44. The van der Waals surface area contributed by atoms with Crippen LogP contribution in [0.1, 0.15) is 30.3 Å². The molecule has 1 aliphatic carbocycles. The van der Waals surface area contributed by atoms with Gasteiger partial charge >= 0.3 is 0 Å². The van der Waals surface area contributed by atoms with Gasteiger partial charge in [-0.2, -0.15) is 5.26 Å². The molecule has 0 saturated heterocycles. The number of hydrogen-bond acceptors (Lipinski definition) is 3. The number of nitrogens with zero attached hydrogens (tertiary/aromatic N) is 3. The maximum atomic E-state index is 8.44. The third-order valence-corrected chi connectivity index (χ3v) is 1.87. The van der Waals surface area contributed by atoms with E-state index < -0.39 is 0 Å². The van der Waals surface area contributed by atoms with Crippen LogP contribution in [-0.2, 0) is 6.42 Å². The molecule has 1 radical (unpaired) electrons. The molecule has 12 heavy (non-hydrogen) atoms. The van der Waals surface area contributed by atoms with Gasteiger partial charge in [-0.05, 0) is 18.9 Å². The fraction of sp³-hybridized carbons (Fsp3) is 0.444. The van der Waals surface area contributed by atoms with Crippen LogP contribution >= 0.6 is 0 Å². The van der Waals surface area contributed by atoms with Crippen molar-refractivity contribution in [2.24, 2.45) is 0 Å². The van der Waals surface area contributed by atoms with Gasteiger partial charge < -0.3 is 0 Å². The van der Waals surface area contributed by atoms with E-state index in [0.717, 1.165) is 11.5 Å². The van der Waals surface area contributed by atoms with Gasteiger partial charge in [0.05, 0.1) is 24.4 Å². The Morgan fingerprint density at radius 2 is 2.50 bits per heavy atom. The van der Waals surface area contributed by atoms with Crippen molar-refractivity contribution in [3.8, 4) is 6.07 Å². The van der Waals surface area contributed by atoms with Gasteiger partial charge in [-0.1, -0.05) is 0 Å². The Morgan fingerprint density at radius 1 is 1.67 bits per heavy atom. The molecule has 0 atom stereocenters. The molecule has 1 heterocycles. The molecule has 3 heteroatoms. The minimum absolute atomic E-state index is 0.360. The molecule has 0 N–H and O–H groups in total. The molecule has 0 bridgehead atoms. The summed E-state index contributed by atoms with van der Waals surface area (Å²) < 4.78 is 0. The Morgan fingerprint density at radius 3 is 3.17 bits per heavy atom. The summed E-state index contributed by atoms with van der Waals surface area (Å²) in [7, 11) is 0. The Balaban J connectivity index is 2.22. The fourth-order valence-electron chi connectivity index (χ4n) is 1.07. The van der Waals surface area contributed by atoms with Crippen molar-refractivity contribution in [3.63, 3.8) is 0 Å². The summed E-state index contributed by atoms with van der Waals surface area (Å²) in [5.41, 5.74) is 0.786. The SMILES string of the molecule is N#CCc1c[c]nc(C2CC2)n1. The summed E-state index contributed by atoms with van der Waals surface area (Å²) in [5.74, 6) is 1.41. The van der Waals surface area contributed by atoms with Crippen LogP contribution in [0.5, 0.6) is 0 Å². The van der Waals surface area contributed by atoms with Gasteiger partial charge in [0.2, 0.25) is 0 Å². The molecular formula is C9H8N3. The summed E-state index contributed by atoms with van der Waals surface area (Å²) >= 11 is 0. The smallest absolute Gasteiger partial charge is 0.132 e. The lowest BCUT2D eigenvalue weighted by atomic mass is 10.3. The minimum Gasteiger partial charge on any atom is -0.237 e. The van der Waals surface area contributed by atoms with Crippen molar-refractivity contribution in [1.29, 1.82) is 5.26 Å². The number of aromatic nitrogens is 2. The first-order chi connectivity index (χ1) is 5.90. The number of nitriles is 1. The number of rotatable bonds is 2. The van der Waals surface area contributed by atoms with Crippen LogP contribution < -0.4 is 0 Å². The van der Waals surface area contributed by atoms with Crippen LogP contribution in [0, 0.1) is 17.5 Å². The quantitative estimate of drug-likeness (QED) is 0.650. The maximum Gasteiger partial charge on any atom is 0.132 e. The highest BCUT2D eigenvalue weighted by atomic mass is 14.9. The lowest BCUT2D eigenvalue weighted by Gasteiger charge is -1.96. The second kappa shape index (κ2) is 2.90. The first-order valence-corrected chi connectivity index (χ1v) is 4.01. The summed E-state index contributed by atoms with van der Waals surface area (Å²) in [6.07, 6.45) is 5.50. The molecule has 1 saturated carbocycles. The average molecular weight is 158 g/mol. The van der Waals surface area contributed by atoms with Crippen molar-refractivity contribution in [2.45, 2.75) is 25.2 Å². The molecule has 1 aromatic heterocycles. The summed E-state index contributed by atoms with van der Waals surface area (Å²) in [4.78, 5) is 8.30. The van der Waals surface area contributed by atoms with E-state index in [1.54, 1.807) is 6.07 Å².